The third kappa shape index (κ3) is 5.33. The zero-order valence-corrected chi connectivity index (χ0v) is 18.5. The number of aryl methyl sites for hydroxylation is 1. The molecule has 0 fully saturated rings. The van der Waals surface area contributed by atoms with Gasteiger partial charge in [0.1, 0.15) is 5.82 Å². The van der Waals surface area contributed by atoms with Crippen LogP contribution in [0.5, 0.6) is 11.5 Å². The SMILES string of the molecule is CCn1c(Cc2ccc(OC)c(OC)c2)nnc1SCC(=O)Nc1cccc(C)c1. The minimum atomic E-state index is -0.0716. The van der Waals surface area contributed by atoms with Crippen molar-refractivity contribution in [2.24, 2.45) is 0 Å². The van der Waals surface area contributed by atoms with Crippen LogP contribution >= 0.6 is 11.8 Å². The Morgan fingerprint density at radius 1 is 1.10 bits per heavy atom. The van der Waals surface area contributed by atoms with Crippen LogP contribution in [0.4, 0.5) is 5.69 Å². The van der Waals surface area contributed by atoms with Gasteiger partial charge in [-0.1, -0.05) is 30.0 Å². The number of thioether (sulfide) groups is 1. The highest BCUT2D eigenvalue weighted by Crippen LogP contribution is 2.28. The standard InChI is InChI=1S/C22H26N4O3S/c1-5-26-20(13-16-9-10-18(28-3)19(12-16)29-4)24-25-22(26)30-14-21(27)23-17-8-6-7-15(2)11-17/h6-12H,5,13-14H2,1-4H3,(H,23,27). The molecule has 158 valence electrons. The second kappa shape index (κ2) is 10.2. The van der Waals surface area contributed by atoms with Gasteiger partial charge in [0, 0.05) is 18.7 Å². The number of hydrogen-bond donors (Lipinski definition) is 1. The molecule has 0 unspecified atom stereocenters. The van der Waals surface area contributed by atoms with Crippen LogP contribution < -0.4 is 14.8 Å². The number of benzene rings is 2. The molecule has 1 N–H and O–H groups in total. The van der Waals surface area contributed by atoms with Crippen LogP contribution in [0.25, 0.3) is 0 Å². The Morgan fingerprint density at radius 3 is 2.60 bits per heavy atom. The number of carbonyl (C=O) groups excluding carboxylic acids is 1. The highest BCUT2D eigenvalue weighted by atomic mass is 32.2. The summed E-state index contributed by atoms with van der Waals surface area (Å²) in [5, 5.41) is 12.3. The number of hydrogen-bond acceptors (Lipinski definition) is 6. The van der Waals surface area contributed by atoms with Gasteiger partial charge in [-0.25, -0.2) is 0 Å². The van der Waals surface area contributed by atoms with Gasteiger partial charge in [-0.15, -0.1) is 10.2 Å². The summed E-state index contributed by atoms with van der Waals surface area (Å²) in [6.07, 6.45) is 0.608. The van der Waals surface area contributed by atoms with Gasteiger partial charge in [-0.2, -0.15) is 0 Å². The third-order valence-corrected chi connectivity index (χ3v) is 5.52. The molecule has 0 spiro atoms. The predicted octanol–water partition coefficient (Wildman–Crippen LogP) is 3.95. The van der Waals surface area contributed by atoms with Gasteiger partial charge in [0.2, 0.25) is 5.91 Å². The van der Waals surface area contributed by atoms with E-state index in [1.807, 2.05) is 60.9 Å². The quantitative estimate of drug-likeness (QED) is 0.522. The highest BCUT2D eigenvalue weighted by molar-refractivity contribution is 7.99. The lowest BCUT2D eigenvalue weighted by molar-refractivity contribution is -0.113. The fourth-order valence-corrected chi connectivity index (χ4v) is 3.92. The van der Waals surface area contributed by atoms with Gasteiger partial charge in [0.05, 0.1) is 20.0 Å². The maximum absolute atomic E-state index is 12.3. The van der Waals surface area contributed by atoms with Crippen molar-refractivity contribution >= 4 is 23.4 Å². The van der Waals surface area contributed by atoms with Crippen LogP contribution in [0.15, 0.2) is 47.6 Å². The first-order valence-corrected chi connectivity index (χ1v) is 10.6. The van der Waals surface area contributed by atoms with Crippen molar-refractivity contribution in [3.63, 3.8) is 0 Å². The van der Waals surface area contributed by atoms with Crippen LogP contribution in [0.3, 0.4) is 0 Å². The van der Waals surface area contributed by atoms with Gasteiger partial charge in [0.25, 0.3) is 0 Å². The normalized spacial score (nSPS) is 10.7. The second-order valence-corrected chi connectivity index (χ2v) is 7.66. The molecule has 0 aliphatic rings. The molecule has 7 nitrogen and oxygen atoms in total. The van der Waals surface area contributed by atoms with Crippen LogP contribution in [0, 0.1) is 6.92 Å². The van der Waals surface area contributed by atoms with Gasteiger partial charge < -0.3 is 19.4 Å². The lowest BCUT2D eigenvalue weighted by atomic mass is 10.1. The van der Waals surface area contributed by atoms with E-state index in [-0.39, 0.29) is 11.7 Å². The van der Waals surface area contributed by atoms with Crippen molar-refractivity contribution in [3.8, 4) is 11.5 Å². The second-order valence-electron chi connectivity index (χ2n) is 6.72. The number of anilines is 1. The topological polar surface area (TPSA) is 78.3 Å². The van der Waals surface area contributed by atoms with Gasteiger partial charge >= 0.3 is 0 Å². The minimum Gasteiger partial charge on any atom is -0.493 e. The summed E-state index contributed by atoms with van der Waals surface area (Å²) in [4.78, 5) is 12.3. The van der Waals surface area contributed by atoms with Crippen molar-refractivity contribution in [3.05, 3.63) is 59.4 Å². The first-order valence-electron chi connectivity index (χ1n) is 9.66. The lowest BCUT2D eigenvalue weighted by Gasteiger charge is -2.10. The number of methoxy groups -OCH3 is 2. The van der Waals surface area contributed by atoms with Crippen molar-refractivity contribution in [2.75, 3.05) is 25.3 Å². The molecule has 3 rings (SSSR count). The maximum atomic E-state index is 12.3. The minimum absolute atomic E-state index is 0.0716. The molecular formula is C22H26N4O3S. The van der Waals surface area contributed by atoms with E-state index in [0.717, 1.165) is 34.3 Å². The third-order valence-electron chi connectivity index (χ3n) is 4.55. The van der Waals surface area contributed by atoms with Gasteiger partial charge in [-0.05, 0) is 49.2 Å². The predicted molar refractivity (Wildman–Crippen MR) is 119 cm³/mol. The fraction of sp³-hybridized carbons (Fsp3) is 0.318. The van der Waals surface area contributed by atoms with Crippen molar-refractivity contribution < 1.29 is 14.3 Å². The molecule has 0 radical (unpaired) electrons. The molecule has 1 aromatic heterocycles. The highest BCUT2D eigenvalue weighted by Gasteiger charge is 2.15. The number of ether oxygens (including phenoxy) is 2. The number of nitrogens with zero attached hydrogens (tertiary/aromatic N) is 3. The van der Waals surface area contributed by atoms with Crippen molar-refractivity contribution in [2.45, 2.75) is 32.0 Å². The van der Waals surface area contributed by atoms with E-state index in [9.17, 15) is 4.79 Å². The Bertz CT molecular complexity index is 1020. The smallest absolute Gasteiger partial charge is 0.234 e. The zero-order chi connectivity index (χ0) is 21.5. The first-order chi connectivity index (χ1) is 14.5. The van der Waals surface area contributed by atoms with Crippen molar-refractivity contribution in [1.29, 1.82) is 0 Å². The Labute approximate surface area is 180 Å². The van der Waals surface area contributed by atoms with Crippen LogP contribution in [0.1, 0.15) is 23.9 Å². The van der Waals surface area contributed by atoms with E-state index in [1.165, 1.54) is 11.8 Å². The molecule has 1 heterocycles. The van der Waals surface area contributed by atoms with Crippen molar-refractivity contribution in [1.82, 2.24) is 14.8 Å². The summed E-state index contributed by atoms with van der Waals surface area (Å²) in [7, 11) is 3.23. The van der Waals surface area contributed by atoms with Crippen LogP contribution in [-0.4, -0.2) is 40.6 Å². The molecule has 0 bridgehead atoms. The average Bonchev–Trinajstić information content (AvgIpc) is 3.13. The van der Waals surface area contributed by atoms with Crippen LogP contribution in [0.2, 0.25) is 0 Å². The van der Waals surface area contributed by atoms with E-state index in [2.05, 4.69) is 15.5 Å². The first kappa shape index (κ1) is 21.7. The molecule has 2 aromatic carbocycles. The molecule has 0 atom stereocenters. The van der Waals surface area contributed by atoms with E-state index < -0.39 is 0 Å². The average molecular weight is 427 g/mol. The number of amides is 1. The summed E-state index contributed by atoms with van der Waals surface area (Å²) < 4.78 is 12.7. The zero-order valence-electron chi connectivity index (χ0n) is 17.6. The summed E-state index contributed by atoms with van der Waals surface area (Å²) >= 11 is 1.38. The molecular weight excluding hydrogens is 400 g/mol. The van der Waals surface area contributed by atoms with Crippen LogP contribution in [-0.2, 0) is 17.8 Å². The molecule has 1 amide bonds. The maximum Gasteiger partial charge on any atom is 0.234 e. The Balaban J connectivity index is 1.66. The molecule has 0 saturated heterocycles. The van der Waals surface area contributed by atoms with Gasteiger partial charge in [-0.3, -0.25) is 4.79 Å². The van der Waals surface area contributed by atoms with E-state index >= 15 is 0 Å². The largest absolute Gasteiger partial charge is 0.493 e. The summed E-state index contributed by atoms with van der Waals surface area (Å²) in [5.74, 6) is 2.40. The van der Waals surface area contributed by atoms with Gasteiger partial charge in [0.15, 0.2) is 16.7 Å². The molecule has 3 aromatic rings. The molecule has 0 saturated carbocycles. The van der Waals surface area contributed by atoms with E-state index in [4.69, 9.17) is 9.47 Å². The Hall–Kier alpha value is -3.00. The van der Waals surface area contributed by atoms with E-state index in [0.29, 0.717) is 17.9 Å². The number of nitrogens with one attached hydrogen (secondary N) is 1. The summed E-state index contributed by atoms with van der Waals surface area (Å²) in [6.45, 7) is 4.75. The molecule has 8 heteroatoms. The summed E-state index contributed by atoms with van der Waals surface area (Å²) in [6, 6.07) is 13.5. The molecule has 0 aliphatic carbocycles. The molecule has 0 aliphatic heterocycles. The molecule has 30 heavy (non-hydrogen) atoms. The Kier molecular flexibility index (Phi) is 7.35. The van der Waals surface area contributed by atoms with E-state index in [1.54, 1.807) is 14.2 Å². The Morgan fingerprint density at radius 2 is 1.90 bits per heavy atom. The number of rotatable bonds is 9. The number of carbonyl (C=O) groups is 1. The monoisotopic (exact) mass is 426 g/mol. The fourth-order valence-electron chi connectivity index (χ4n) is 3.10. The number of aromatic nitrogens is 3. The summed E-state index contributed by atoms with van der Waals surface area (Å²) in [5.41, 5.74) is 2.95. The lowest BCUT2D eigenvalue weighted by Crippen LogP contribution is -2.14.